The topological polar surface area (TPSA) is 3.24 Å². The van der Waals surface area contributed by atoms with Crippen LogP contribution in [0.5, 0.6) is 0 Å². The highest BCUT2D eigenvalue weighted by Crippen LogP contribution is 2.27. The standard InChI is InChI=1S/C10H10ClN/c1-12-6-2-3-8-7-9(11)4-5-10(8)12/h2,4-7H,3H2,1H3. The van der Waals surface area contributed by atoms with Gasteiger partial charge in [0.2, 0.25) is 0 Å². The van der Waals surface area contributed by atoms with Crippen molar-refractivity contribution < 1.29 is 0 Å². The van der Waals surface area contributed by atoms with Crippen LogP contribution in [-0.4, -0.2) is 7.05 Å². The molecule has 1 aliphatic rings. The van der Waals surface area contributed by atoms with E-state index in [1.165, 1.54) is 11.3 Å². The van der Waals surface area contributed by atoms with Gasteiger partial charge in [-0.15, -0.1) is 0 Å². The summed E-state index contributed by atoms with van der Waals surface area (Å²) in [6, 6.07) is 6.01. The van der Waals surface area contributed by atoms with Gasteiger partial charge in [-0.2, -0.15) is 0 Å². The van der Waals surface area contributed by atoms with Crippen LogP contribution in [0.25, 0.3) is 0 Å². The average molecular weight is 180 g/mol. The molecule has 0 unspecified atom stereocenters. The van der Waals surface area contributed by atoms with Gasteiger partial charge in [-0.25, -0.2) is 0 Å². The van der Waals surface area contributed by atoms with Crippen molar-refractivity contribution in [1.82, 2.24) is 0 Å². The van der Waals surface area contributed by atoms with Crippen LogP contribution in [0.3, 0.4) is 0 Å². The summed E-state index contributed by atoms with van der Waals surface area (Å²) in [5, 5.41) is 0.817. The summed E-state index contributed by atoms with van der Waals surface area (Å²) >= 11 is 5.88. The number of benzene rings is 1. The Morgan fingerprint density at radius 3 is 3.08 bits per heavy atom. The molecule has 0 spiro atoms. The quantitative estimate of drug-likeness (QED) is 0.592. The molecule has 0 aromatic heterocycles. The minimum Gasteiger partial charge on any atom is -0.351 e. The van der Waals surface area contributed by atoms with E-state index >= 15 is 0 Å². The van der Waals surface area contributed by atoms with Crippen LogP contribution >= 0.6 is 11.6 Å². The lowest BCUT2D eigenvalue weighted by Gasteiger charge is -2.21. The SMILES string of the molecule is CN1C=CCc2cc(Cl)ccc21. The third-order valence-electron chi connectivity index (χ3n) is 2.09. The number of halogens is 1. The van der Waals surface area contributed by atoms with E-state index in [0.29, 0.717) is 0 Å². The van der Waals surface area contributed by atoms with E-state index in [1.54, 1.807) is 0 Å². The third-order valence-corrected chi connectivity index (χ3v) is 2.32. The van der Waals surface area contributed by atoms with Crippen molar-refractivity contribution in [2.24, 2.45) is 0 Å². The number of nitrogens with zero attached hydrogens (tertiary/aromatic N) is 1. The van der Waals surface area contributed by atoms with Crippen molar-refractivity contribution in [3.05, 3.63) is 41.1 Å². The van der Waals surface area contributed by atoms with Gasteiger partial charge in [-0.1, -0.05) is 17.7 Å². The first kappa shape index (κ1) is 7.69. The molecular weight excluding hydrogens is 170 g/mol. The molecule has 0 saturated heterocycles. The highest BCUT2D eigenvalue weighted by Gasteiger charge is 2.08. The lowest BCUT2D eigenvalue weighted by Crippen LogP contribution is -2.13. The Bertz CT molecular complexity index is 331. The molecule has 0 N–H and O–H groups in total. The summed E-state index contributed by atoms with van der Waals surface area (Å²) in [4.78, 5) is 2.11. The molecule has 2 heteroatoms. The molecule has 0 atom stereocenters. The maximum atomic E-state index is 5.88. The molecule has 1 nitrogen and oxygen atoms in total. The molecular formula is C10H10ClN. The molecule has 0 fully saturated rings. The van der Waals surface area contributed by atoms with Gasteiger partial charge in [-0.3, -0.25) is 0 Å². The van der Waals surface area contributed by atoms with Gasteiger partial charge in [0.1, 0.15) is 0 Å². The van der Waals surface area contributed by atoms with E-state index in [4.69, 9.17) is 11.6 Å². The van der Waals surface area contributed by atoms with E-state index in [1.807, 2.05) is 19.2 Å². The molecule has 12 heavy (non-hydrogen) atoms. The van der Waals surface area contributed by atoms with E-state index in [0.717, 1.165) is 11.4 Å². The molecule has 0 radical (unpaired) electrons. The smallest absolute Gasteiger partial charge is 0.0440 e. The van der Waals surface area contributed by atoms with Crippen molar-refractivity contribution in [3.8, 4) is 0 Å². The first-order valence-electron chi connectivity index (χ1n) is 3.95. The second kappa shape index (κ2) is 2.83. The van der Waals surface area contributed by atoms with Crippen LogP contribution in [-0.2, 0) is 6.42 Å². The Hall–Kier alpha value is -0.950. The Morgan fingerprint density at radius 2 is 2.25 bits per heavy atom. The molecule has 2 rings (SSSR count). The minimum atomic E-state index is 0.817. The summed E-state index contributed by atoms with van der Waals surface area (Å²) < 4.78 is 0. The second-order valence-electron chi connectivity index (χ2n) is 2.97. The number of hydrogen-bond acceptors (Lipinski definition) is 1. The van der Waals surface area contributed by atoms with Gasteiger partial charge in [0.15, 0.2) is 0 Å². The number of hydrogen-bond donors (Lipinski definition) is 0. The van der Waals surface area contributed by atoms with Gasteiger partial charge in [-0.05, 0) is 30.2 Å². The molecule has 1 aromatic carbocycles. The van der Waals surface area contributed by atoms with Crippen LogP contribution in [0, 0.1) is 0 Å². The molecule has 62 valence electrons. The maximum absolute atomic E-state index is 5.88. The summed E-state index contributed by atoms with van der Waals surface area (Å²) in [6.45, 7) is 0. The number of anilines is 1. The van der Waals surface area contributed by atoms with Gasteiger partial charge in [0.25, 0.3) is 0 Å². The summed E-state index contributed by atoms with van der Waals surface area (Å²) in [7, 11) is 2.04. The van der Waals surface area contributed by atoms with Crippen molar-refractivity contribution in [3.63, 3.8) is 0 Å². The van der Waals surface area contributed by atoms with Gasteiger partial charge in [0.05, 0.1) is 0 Å². The fourth-order valence-electron chi connectivity index (χ4n) is 1.48. The lowest BCUT2D eigenvalue weighted by atomic mass is 10.1. The largest absolute Gasteiger partial charge is 0.351 e. The zero-order chi connectivity index (χ0) is 8.55. The maximum Gasteiger partial charge on any atom is 0.0440 e. The first-order valence-corrected chi connectivity index (χ1v) is 4.33. The summed E-state index contributed by atoms with van der Waals surface area (Å²) in [5.74, 6) is 0. The molecule has 1 heterocycles. The average Bonchev–Trinajstić information content (AvgIpc) is 2.04. The fourth-order valence-corrected chi connectivity index (χ4v) is 1.67. The Morgan fingerprint density at radius 1 is 1.42 bits per heavy atom. The fraction of sp³-hybridized carbons (Fsp3) is 0.200. The Kier molecular flexibility index (Phi) is 1.81. The zero-order valence-electron chi connectivity index (χ0n) is 6.92. The van der Waals surface area contributed by atoms with E-state index in [-0.39, 0.29) is 0 Å². The van der Waals surface area contributed by atoms with Crippen molar-refractivity contribution in [2.75, 3.05) is 11.9 Å². The minimum absolute atomic E-state index is 0.817. The molecule has 1 aliphatic heterocycles. The van der Waals surface area contributed by atoms with Crippen molar-refractivity contribution >= 4 is 17.3 Å². The zero-order valence-corrected chi connectivity index (χ0v) is 7.67. The number of allylic oxidation sites excluding steroid dienone is 1. The van der Waals surface area contributed by atoms with Gasteiger partial charge >= 0.3 is 0 Å². The van der Waals surface area contributed by atoms with Crippen LogP contribution in [0.4, 0.5) is 5.69 Å². The summed E-state index contributed by atoms with van der Waals surface area (Å²) in [5.41, 5.74) is 2.55. The second-order valence-corrected chi connectivity index (χ2v) is 3.41. The molecule has 1 aromatic rings. The van der Waals surface area contributed by atoms with Crippen LogP contribution in [0.1, 0.15) is 5.56 Å². The van der Waals surface area contributed by atoms with E-state index < -0.39 is 0 Å². The summed E-state index contributed by atoms with van der Waals surface area (Å²) in [6.07, 6.45) is 5.20. The number of fused-ring (bicyclic) bond motifs is 1. The number of rotatable bonds is 0. The Labute approximate surface area is 77.3 Å². The molecule has 0 aliphatic carbocycles. The van der Waals surface area contributed by atoms with Crippen LogP contribution in [0.15, 0.2) is 30.5 Å². The third kappa shape index (κ3) is 1.21. The normalized spacial score (nSPS) is 14.7. The highest BCUT2D eigenvalue weighted by atomic mass is 35.5. The van der Waals surface area contributed by atoms with Gasteiger partial charge < -0.3 is 4.90 Å². The van der Waals surface area contributed by atoms with Crippen molar-refractivity contribution in [2.45, 2.75) is 6.42 Å². The molecule has 0 saturated carbocycles. The Balaban J connectivity index is 2.51. The lowest BCUT2D eigenvalue weighted by molar-refractivity contribution is 1.09. The monoisotopic (exact) mass is 179 g/mol. The van der Waals surface area contributed by atoms with Crippen molar-refractivity contribution in [1.29, 1.82) is 0 Å². The van der Waals surface area contributed by atoms with E-state index in [2.05, 4.69) is 23.2 Å². The highest BCUT2D eigenvalue weighted by molar-refractivity contribution is 6.30. The van der Waals surface area contributed by atoms with Crippen LogP contribution < -0.4 is 4.90 Å². The molecule has 0 amide bonds. The molecule has 0 bridgehead atoms. The first-order chi connectivity index (χ1) is 5.77. The van der Waals surface area contributed by atoms with Crippen LogP contribution in [0.2, 0.25) is 5.02 Å². The van der Waals surface area contributed by atoms with E-state index in [9.17, 15) is 0 Å². The predicted octanol–water partition coefficient (Wildman–Crippen LogP) is 2.85. The predicted molar refractivity (Wildman–Crippen MR) is 52.7 cm³/mol. The van der Waals surface area contributed by atoms with Gasteiger partial charge in [0, 0.05) is 24.0 Å².